The van der Waals surface area contributed by atoms with Crippen molar-refractivity contribution in [3.63, 3.8) is 0 Å². The lowest BCUT2D eigenvalue weighted by Crippen LogP contribution is -2.05. The number of benzene rings is 1. The Bertz CT molecular complexity index is 722. The van der Waals surface area contributed by atoms with Gasteiger partial charge in [0.15, 0.2) is 0 Å². The number of imidazole rings is 1. The summed E-state index contributed by atoms with van der Waals surface area (Å²) >= 11 is 7.56. The second kappa shape index (κ2) is 5.87. The predicted octanol–water partition coefficient (Wildman–Crippen LogP) is 3.64. The lowest BCUT2D eigenvalue weighted by molar-refractivity contribution is 0.876. The molecule has 102 valence electrons. The number of hydrogen-bond donors (Lipinski definition) is 1. The summed E-state index contributed by atoms with van der Waals surface area (Å²) < 4.78 is 2.10. The zero-order valence-corrected chi connectivity index (χ0v) is 12.4. The van der Waals surface area contributed by atoms with E-state index in [9.17, 15) is 0 Å². The molecule has 0 fully saturated rings. The average molecular weight is 304 g/mol. The monoisotopic (exact) mass is 303 g/mol. The Morgan fingerprint density at radius 2 is 1.95 bits per heavy atom. The maximum atomic E-state index is 5.91. The number of aromatic nitrogens is 2. The van der Waals surface area contributed by atoms with Crippen molar-refractivity contribution in [3.8, 4) is 0 Å². The molecular weight excluding hydrogens is 290 g/mol. The summed E-state index contributed by atoms with van der Waals surface area (Å²) in [5.41, 5.74) is 7.83. The van der Waals surface area contributed by atoms with E-state index in [4.69, 9.17) is 17.3 Å². The van der Waals surface area contributed by atoms with E-state index < -0.39 is 0 Å². The first-order valence-electron chi connectivity index (χ1n) is 6.37. The van der Waals surface area contributed by atoms with E-state index in [1.807, 2.05) is 48.7 Å². The fourth-order valence-electron chi connectivity index (χ4n) is 2.09. The lowest BCUT2D eigenvalue weighted by Gasteiger charge is -2.03. The van der Waals surface area contributed by atoms with Gasteiger partial charge >= 0.3 is 0 Å². The minimum Gasteiger partial charge on any atom is -0.330 e. The van der Waals surface area contributed by atoms with E-state index in [0.29, 0.717) is 6.54 Å². The largest absolute Gasteiger partial charge is 0.330 e. The Kier molecular flexibility index (Phi) is 3.96. The van der Waals surface area contributed by atoms with Crippen LogP contribution >= 0.6 is 23.4 Å². The molecule has 2 heterocycles. The minimum absolute atomic E-state index is 0.608. The van der Waals surface area contributed by atoms with Crippen LogP contribution in [-0.4, -0.2) is 15.9 Å². The highest BCUT2D eigenvalue weighted by molar-refractivity contribution is 7.99. The second-order valence-corrected chi connectivity index (χ2v) is 5.89. The summed E-state index contributed by atoms with van der Waals surface area (Å²) in [6.45, 7) is 0.608. The van der Waals surface area contributed by atoms with Crippen LogP contribution in [-0.2, 0) is 6.42 Å². The van der Waals surface area contributed by atoms with Gasteiger partial charge in [0.05, 0.1) is 5.69 Å². The minimum atomic E-state index is 0.608. The molecule has 3 nitrogen and oxygen atoms in total. The van der Waals surface area contributed by atoms with Crippen LogP contribution in [0.1, 0.15) is 5.69 Å². The summed E-state index contributed by atoms with van der Waals surface area (Å²) in [6.07, 6.45) is 2.83. The average Bonchev–Trinajstić information content (AvgIpc) is 2.80. The number of hydrogen-bond acceptors (Lipinski definition) is 3. The van der Waals surface area contributed by atoms with Crippen molar-refractivity contribution < 1.29 is 0 Å². The van der Waals surface area contributed by atoms with Gasteiger partial charge in [-0.25, -0.2) is 4.98 Å². The maximum absolute atomic E-state index is 5.91. The van der Waals surface area contributed by atoms with Crippen molar-refractivity contribution in [3.05, 3.63) is 59.4 Å². The molecule has 3 rings (SSSR count). The number of fused-ring (bicyclic) bond motifs is 1. The van der Waals surface area contributed by atoms with Gasteiger partial charge in [0.1, 0.15) is 10.7 Å². The Balaban J connectivity index is 2.01. The Morgan fingerprint density at radius 1 is 1.15 bits per heavy atom. The smallest absolute Gasteiger partial charge is 0.138 e. The van der Waals surface area contributed by atoms with Crippen LogP contribution in [0, 0.1) is 0 Å². The van der Waals surface area contributed by atoms with Gasteiger partial charge in [-0.3, -0.25) is 0 Å². The fraction of sp³-hybridized carbons (Fsp3) is 0.133. The molecule has 0 aliphatic heterocycles. The summed E-state index contributed by atoms with van der Waals surface area (Å²) in [5, 5.41) is 1.75. The van der Waals surface area contributed by atoms with E-state index in [1.165, 1.54) is 0 Å². The molecule has 5 heteroatoms. The molecule has 0 aliphatic rings. The molecule has 0 saturated carbocycles. The quantitative estimate of drug-likeness (QED) is 0.800. The van der Waals surface area contributed by atoms with Gasteiger partial charge in [0.25, 0.3) is 0 Å². The van der Waals surface area contributed by atoms with Crippen LogP contribution < -0.4 is 5.73 Å². The highest BCUT2D eigenvalue weighted by Gasteiger charge is 2.12. The number of rotatable bonds is 4. The number of pyridine rings is 1. The fourth-order valence-corrected chi connectivity index (χ4v) is 3.16. The molecule has 0 unspecified atom stereocenters. The Labute approximate surface area is 126 Å². The molecular formula is C15H14ClN3S. The molecule has 2 aromatic heterocycles. The van der Waals surface area contributed by atoms with Gasteiger partial charge in [-0.1, -0.05) is 29.4 Å². The topological polar surface area (TPSA) is 43.3 Å². The van der Waals surface area contributed by atoms with Crippen molar-refractivity contribution in [2.45, 2.75) is 16.3 Å². The second-order valence-electron chi connectivity index (χ2n) is 4.39. The zero-order chi connectivity index (χ0) is 13.9. The maximum Gasteiger partial charge on any atom is 0.138 e. The molecule has 0 saturated heterocycles. The van der Waals surface area contributed by atoms with Gasteiger partial charge in [-0.2, -0.15) is 0 Å². The van der Waals surface area contributed by atoms with Gasteiger partial charge < -0.3 is 10.1 Å². The van der Waals surface area contributed by atoms with Crippen molar-refractivity contribution in [1.82, 2.24) is 9.38 Å². The Hall–Kier alpha value is -1.49. The number of nitrogens with zero attached hydrogens (tertiary/aromatic N) is 2. The third-order valence-corrected chi connectivity index (χ3v) is 4.28. The van der Waals surface area contributed by atoms with Crippen LogP contribution in [0.5, 0.6) is 0 Å². The van der Waals surface area contributed by atoms with E-state index in [0.717, 1.165) is 32.7 Å². The van der Waals surface area contributed by atoms with Crippen LogP contribution in [0.2, 0.25) is 5.02 Å². The molecule has 0 radical (unpaired) electrons. The zero-order valence-electron chi connectivity index (χ0n) is 10.8. The molecule has 20 heavy (non-hydrogen) atoms. The van der Waals surface area contributed by atoms with Crippen LogP contribution in [0.15, 0.2) is 58.6 Å². The van der Waals surface area contributed by atoms with Crippen molar-refractivity contribution in [1.29, 1.82) is 0 Å². The van der Waals surface area contributed by atoms with Crippen molar-refractivity contribution >= 4 is 29.0 Å². The first-order valence-corrected chi connectivity index (χ1v) is 7.57. The van der Waals surface area contributed by atoms with Gasteiger partial charge in [0.2, 0.25) is 0 Å². The van der Waals surface area contributed by atoms with Crippen molar-refractivity contribution in [2.24, 2.45) is 5.73 Å². The third-order valence-electron chi connectivity index (χ3n) is 3.00. The van der Waals surface area contributed by atoms with Gasteiger partial charge in [-0.15, -0.1) is 0 Å². The molecule has 0 atom stereocenters. The molecule has 0 spiro atoms. The Morgan fingerprint density at radius 3 is 2.70 bits per heavy atom. The lowest BCUT2D eigenvalue weighted by atomic mass is 10.3. The molecule has 3 aromatic rings. The van der Waals surface area contributed by atoms with Gasteiger partial charge in [0, 0.05) is 22.5 Å². The van der Waals surface area contributed by atoms with Crippen molar-refractivity contribution in [2.75, 3.05) is 6.54 Å². The number of nitrogens with two attached hydrogens (primary N) is 1. The summed E-state index contributed by atoms with van der Waals surface area (Å²) in [6, 6.07) is 13.8. The molecule has 1 aromatic carbocycles. The third kappa shape index (κ3) is 2.68. The normalized spacial score (nSPS) is 11.1. The van der Waals surface area contributed by atoms with E-state index >= 15 is 0 Å². The molecule has 0 bridgehead atoms. The summed E-state index contributed by atoms with van der Waals surface area (Å²) in [5.74, 6) is 0. The predicted molar refractivity (Wildman–Crippen MR) is 83.5 cm³/mol. The van der Waals surface area contributed by atoms with Crippen LogP contribution in [0.3, 0.4) is 0 Å². The van der Waals surface area contributed by atoms with E-state index in [1.54, 1.807) is 11.8 Å². The standard InChI is InChI=1S/C15H14ClN3S/c16-11-4-6-12(7-5-11)20-15-13(8-9-17)19-10-2-1-3-14(19)18-15/h1-7,10H,8-9,17H2. The molecule has 0 aliphatic carbocycles. The van der Waals surface area contributed by atoms with Crippen LogP contribution in [0.25, 0.3) is 5.65 Å². The van der Waals surface area contributed by atoms with Crippen LogP contribution in [0.4, 0.5) is 0 Å². The summed E-state index contributed by atoms with van der Waals surface area (Å²) in [4.78, 5) is 5.81. The highest BCUT2D eigenvalue weighted by Crippen LogP contribution is 2.31. The number of halogens is 1. The first kappa shape index (κ1) is 13.5. The van der Waals surface area contributed by atoms with E-state index in [2.05, 4.69) is 9.38 Å². The van der Waals surface area contributed by atoms with E-state index in [-0.39, 0.29) is 0 Å². The SMILES string of the molecule is NCCc1c(Sc2ccc(Cl)cc2)nc2ccccn12. The first-order chi connectivity index (χ1) is 9.78. The summed E-state index contributed by atoms with van der Waals surface area (Å²) in [7, 11) is 0. The molecule has 0 amide bonds. The van der Waals surface area contributed by atoms with Gasteiger partial charge in [-0.05, 0) is 42.9 Å². The highest BCUT2D eigenvalue weighted by atomic mass is 35.5. The molecule has 2 N–H and O–H groups in total.